The van der Waals surface area contributed by atoms with E-state index in [1.807, 2.05) is 24.3 Å². The molecule has 1 saturated heterocycles. The second kappa shape index (κ2) is 3.98. The molecule has 1 aromatic carbocycles. The Morgan fingerprint density at radius 1 is 1.43 bits per heavy atom. The van der Waals surface area contributed by atoms with Crippen LogP contribution < -0.4 is 10.6 Å². The minimum absolute atomic E-state index is 0.0991. The highest BCUT2D eigenvalue weighted by atomic mass is 16.3. The first-order valence-corrected chi connectivity index (χ1v) is 5.00. The molecule has 76 valence electrons. The molecular weight excluding hydrogens is 176 g/mol. The zero-order valence-corrected chi connectivity index (χ0v) is 8.19. The zero-order valence-electron chi connectivity index (χ0n) is 8.19. The van der Waals surface area contributed by atoms with Gasteiger partial charge in [-0.2, -0.15) is 0 Å². The number of nitrogens with zero attached hydrogens (tertiary/aromatic N) is 1. The average Bonchev–Trinajstić information content (AvgIpc) is 2.65. The number of benzene rings is 1. The Kier molecular flexibility index (Phi) is 2.70. The molecule has 3 nitrogen and oxygen atoms in total. The second-order valence-corrected chi connectivity index (χ2v) is 3.78. The molecule has 0 spiro atoms. The highest BCUT2D eigenvalue weighted by Crippen LogP contribution is 2.23. The average molecular weight is 192 g/mol. The van der Waals surface area contributed by atoms with Gasteiger partial charge in [-0.1, -0.05) is 18.2 Å². The third-order valence-electron chi connectivity index (χ3n) is 2.73. The van der Waals surface area contributed by atoms with Crippen molar-refractivity contribution < 1.29 is 5.11 Å². The van der Waals surface area contributed by atoms with Crippen LogP contribution in [0.5, 0.6) is 0 Å². The maximum absolute atomic E-state index is 9.19. The Labute approximate surface area is 84.1 Å². The van der Waals surface area contributed by atoms with Crippen molar-refractivity contribution in [1.82, 2.24) is 0 Å². The predicted molar refractivity (Wildman–Crippen MR) is 57.2 cm³/mol. The van der Waals surface area contributed by atoms with Crippen molar-refractivity contribution in [2.24, 2.45) is 5.73 Å². The summed E-state index contributed by atoms with van der Waals surface area (Å²) in [7, 11) is 0. The molecule has 0 saturated carbocycles. The van der Waals surface area contributed by atoms with Crippen molar-refractivity contribution >= 4 is 5.69 Å². The summed E-state index contributed by atoms with van der Waals surface area (Å²) in [5.74, 6) is 0. The van der Waals surface area contributed by atoms with Crippen LogP contribution in [-0.2, 0) is 6.61 Å². The van der Waals surface area contributed by atoms with Crippen LogP contribution in [0.4, 0.5) is 5.69 Å². The van der Waals surface area contributed by atoms with Gasteiger partial charge in [-0.3, -0.25) is 0 Å². The van der Waals surface area contributed by atoms with Crippen LogP contribution in [0.15, 0.2) is 24.3 Å². The maximum atomic E-state index is 9.19. The van der Waals surface area contributed by atoms with Gasteiger partial charge in [0.05, 0.1) is 6.61 Å². The molecule has 1 aliphatic heterocycles. The highest BCUT2D eigenvalue weighted by molar-refractivity contribution is 5.54. The van der Waals surface area contributed by atoms with Crippen molar-refractivity contribution in [2.45, 2.75) is 19.1 Å². The summed E-state index contributed by atoms with van der Waals surface area (Å²) in [5.41, 5.74) is 7.97. The third kappa shape index (κ3) is 1.74. The van der Waals surface area contributed by atoms with Crippen molar-refractivity contribution in [3.8, 4) is 0 Å². The number of aliphatic hydroxyl groups excluding tert-OH is 1. The minimum Gasteiger partial charge on any atom is -0.392 e. The summed E-state index contributed by atoms with van der Waals surface area (Å²) < 4.78 is 0. The Morgan fingerprint density at radius 2 is 2.21 bits per heavy atom. The number of para-hydroxylation sites is 1. The van der Waals surface area contributed by atoms with Crippen molar-refractivity contribution in [3.63, 3.8) is 0 Å². The lowest BCUT2D eigenvalue weighted by atomic mass is 10.2. The van der Waals surface area contributed by atoms with E-state index in [0.717, 1.165) is 30.8 Å². The molecule has 1 aliphatic rings. The summed E-state index contributed by atoms with van der Waals surface area (Å²) in [6.07, 6.45) is 1.04. The van der Waals surface area contributed by atoms with E-state index in [-0.39, 0.29) is 12.6 Å². The first-order chi connectivity index (χ1) is 6.81. The molecule has 0 unspecified atom stereocenters. The number of aliphatic hydroxyl groups is 1. The predicted octanol–water partition coefficient (Wildman–Crippen LogP) is 0.716. The molecular formula is C11H16N2O. The summed E-state index contributed by atoms with van der Waals surface area (Å²) in [6.45, 7) is 2.00. The molecule has 14 heavy (non-hydrogen) atoms. The van der Waals surface area contributed by atoms with Crippen molar-refractivity contribution in [1.29, 1.82) is 0 Å². The fourth-order valence-electron chi connectivity index (χ4n) is 1.96. The van der Waals surface area contributed by atoms with Crippen molar-refractivity contribution in [2.75, 3.05) is 18.0 Å². The molecule has 1 aromatic rings. The van der Waals surface area contributed by atoms with Gasteiger partial charge in [-0.05, 0) is 12.5 Å². The van der Waals surface area contributed by atoms with E-state index >= 15 is 0 Å². The zero-order chi connectivity index (χ0) is 9.97. The molecule has 3 N–H and O–H groups in total. The summed E-state index contributed by atoms with van der Waals surface area (Å²) in [6, 6.07) is 8.23. The monoisotopic (exact) mass is 192 g/mol. The standard InChI is InChI=1S/C11H16N2O/c12-10-5-6-13(7-10)11-4-2-1-3-9(11)8-14/h1-4,10,14H,5-8,12H2/t10-/m1/s1. The molecule has 0 aliphatic carbocycles. The first-order valence-electron chi connectivity index (χ1n) is 5.00. The molecule has 1 heterocycles. The van der Waals surface area contributed by atoms with Crippen molar-refractivity contribution in [3.05, 3.63) is 29.8 Å². The molecule has 0 bridgehead atoms. The normalized spacial score (nSPS) is 21.6. The van der Waals surface area contributed by atoms with Crippen LogP contribution in [0.2, 0.25) is 0 Å². The number of nitrogens with two attached hydrogens (primary N) is 1. The van der Waals surface area contributed by atoms with Crippen LogP contribution in [-0.4, -0.2) is 24.2 Å². The quantitative estimate of drug-likeness (QED) is 0.725. The van der Waals surface area contributed by atoms with Crippen LogP contribution in [0.1, 0.15) is 12.0 Å². The molecule has 2 rings (SSSR count). The van der Waals surface area contributed by atoms with Gasteiger partial charge >= 0.3 is 0 Å². The fraction of sp³-hybridized carbons (Fsp3) is 0.455. The lowest BCUT2D eigenvalue weighted by Gasteiger charge is -2.20. The van der Waals surface area contributed by atoms with Crippen LogP contribution in [0.3, 0.4) is 0 Å². The van der Waals surface area contributed by atoms with E-state index in [9.17, 15) is 5.11 Å². The van der Waals surface area contributed by atoms with Crippen LogP contribution in [0.25, 0.3) is 0 Å². The van der Waals surface area contributed by atoms with E-state index in [1.54, 1.807) is 0 Å². The van der Waals surface area contributed by atoms with E-state index < -0.39 is 0 Å². The number of hydrogen-bond donors (Lipinski definition) is 2. The molecule has 0 amide bonds. The maximum Gasteiger partial charge on any atom is 0.0702 e. The summed E-state index contributed by atoms with van der Waals surface area (Å²) in [4.78, 5) is 2.25. The van der Waals surface area contributed by atoms with Gasteiger partial charge in [0, 0.05) is 30.4 Å². The summed E-state index contributed by atoms with van der Waals surface area (Å²) >= 11 is 0. The van der Waals surface area contributed by atoms with Gasteiger partial charge in [0.25, 0.3) is 0 Å². The van der Waals surface area contributed by atoms with Gasteiger partial charge in [-0.25, -0.2) is 0 Å². The summed E-state index contributed by atoms with van der Waals surface area (Å²) in [5, 5.41) is 9.19. The second-order valence-electron chi connectivity index (χ2n) is 3.78. The first kappa shape index (κ1) is 9.49. The minimum atomic E-state index is 0.0991. The molecule has 1 fully saturated rings. The fourth-order valence-corrected chi connectivity index (χ4v) is 1.96. The van der Waals surface area contributed by atoms with E-state index in [4.69, 9.17) is 5.73 Å². The van der Waals surface area contributed by atoms with Gasteiger partial charge in [-0.15, -0.1) is 0 Å². The molecule has 1 atom stereocenters. The lowest BCUT2D eigenvalue weighted by molar-refractivity contribution is 0.282. The number of hydrogen-bond acceptors (Lipinski definition) is 3. The van der Waals surface area contributed by atoms with Gasteiger partial charge in [0.1, 0.15) is 0 Å². The van der Waals surface area contributed by atoms with E-state index in [2.05, 4.69) is 4.90 Å². The Morgan fingerprint density at radius 3 is 2.86 bits per heavy atom. The molecule has 0 aromatic heterocycles. The molecule has 3 heteroatoms. The Balaban J connectivity index is 2.22. The van der Waals surface area contributed by atoms with Crippen LogP contribution in [0, 0.1) is 0 Å². The number of rotatable bonds is 2. The smallest absolute Gasteiger partial charge is 0.0702 e. The molecule has 0 radical (unpaired) electrons. The van der Waals surface area contributed by atoms with E-state index in [1.165, 1.54) is 0 Å². The third-order valence-corrected chi connectivity index (χ3v) is 2.73. The van der Waals surface area contributed by atoms with Gasteiger partial charge in [0.2, 0.25) is 0 Å². The van der Waals surface area contributed by atoms with E-state index in [0.29, 0.717) is 0 Å². The number of anilines is 1. The largest absolute Gasteiger partial charge is 0.392 e. The van der Waals surface area contributed by atoms with Crippen LogP contribution >= 0.6 is 0 Å². The topological polar surface area (TPSA) is 49.5 Å². The highest BCUT2D eigenvalue weighted by Gasteiger charge is 2.20. The Bertz CT molecular complexity index is 314. The SMILES string of the molecule is N[C@@H]1CCN(c2ccccc2CO)C1. The van der Waals surface area contributed by atoms with Gasteiger partial charge in [0.15, 0.2) is 0 Å². The lowest BCUT2D eigenvalue weighted by Crippen LogP contribution is -2.26. The van der Waals surface area contributed by atoms with Gasteiger partial charge < -0.3 is 15.7 Å². The Hall–Kier alpha value is -1.06.